The fourth-order valence-electron chi connectivity index (χ4n) is 1.85. The molecule has 0 saturated heterocycles. The first kappa shape index (κ1) is 20.5. The van der Waals surface area contributed by atoms with E-state index in [0.29, 0.717) is 12.2 Å². The van der Waals surface area contributed by atoms with Gasteiger partial charge in [-0.1, -0.05) is 37.3 Å². The van der Waals surface area contributed by atoms with Crippen LogP contribution in [0.2, 0.25) is 0 Å². The van der Waals surface area contributed by atoms with Gasteiger partial charge in [-0.25, -0.2) is 4.79 Å². The molecule has 0 heterocycles. The number of rotatable bonds is 6. The Kier molecular flexibility index (Phi) is 7.91. The van der Waals surface area contributed by atoms with Crippen molar-refractivity contribution in [3.05, 3.63) is 60.2 Å². The second kappa shape index (κ2) is 9.66. The molecule has 0 spiro atoms. The second-order valence-electron chi connectivity index (χ2n) is 5.69. The Morgan fingerprint density at radius 2 is 1.72 bits per heavy atom. The number of phenolic OH excluding ortho intramolecular Hbond substituents is 1. The summed E-state index contributed by atoms with van der Waals surface area (Å²) in [7, 11) is 0. The summed E-state index contributed by atoms with van der Waals surface area (Å²) in [5.41, 5.74) is 5.30. The minimum absolute atomic E-state index is 0.00398. The molecule has 0 aliphatic rings. The molecule has 136 valence electrons. The molecule has 5 N–H and O–H groups in total. The van der Waals surface area contributed by atoms with Crippen LogP contribution in [-0.2, 0) is 4.79 Å². The van der Waals surface area contributed by atoms with Crippen molar-refractivity contribution in [1.82, 2.24) is 0 Å². The van der Waals surface area contributed by atoms with E-state index in [4.69, 9.17) is 25.8 Å². The lowest BCUT2D eigenvalue weighted by molar-refractivity contribution is -0.154. The molecule has 0 radical (unpaired) electrons. The summed E-state index contributed by atoms with van der Waals surface area (Å²) in [6.07, 6.45) is 0.364. The van der Waals surface area contributed by atoms with E-state index in [-0.39, 0.29) is 18.4 Å². The van der Waals surface area contributed by atoms with Gasteiger partial charge in [0.2, 0.25) is 5.60 Å². The van der Waals surface area contributed by atoms with Crippen LogP contribution in [0.1, 0.15) is 31.9 Å². The highest BCUT2D eigenvalue weighted by molar-refractivity contribution is 5.77. The van der Waals surface area contributed by atoms with Crippen molar-refractivity contribution in [2.24, 2.45) is 5.73 Å². The first-order chi connectivity index (χ1) is 11.8. The number of benzene rings is 2. The molecule has 0 unspecified atom stereocenters. The standard InChI is InChI=1S/C11H14O4.C8H11NO/c1-3-11(2,10(13)14)15-9-6-4-8(12)5-7-9;9-8(6-10)7-4-2-1-3-5-7/h4-7,12H,3H2,1-2H3,(H,13,14);1-5,8,10H,6,9H2/t11-;8-/m01/s1. The van der Waals surface area contributed by atoms with E-state index in [2.05, 4.69) is 0 Å². The summed E-state index contributed by atoms with van der Waals surface area (Å²) >= 11 is 0. The zero-order valence-corrected chi connectivity index (χ0v) is 14.4. The Morgan fingerprint density at radius 1 is 1.16 bits per heavy atom. The van der Waals surface area contributed by atoms with Crippen LogP contribution in [0.3, 0.4) is 0 Å². The van der Waals surface area contributed by atoms with E-state index >= 15 is 0 Å². The summed E-state index contributed by atoms with van der Waals surface area (Å²) in [4.78, 5) is 10.9. The number of carboxylic acids is 1. The number of carbonyl (C=O) groups is 1. The van der Waals surface area contributed by atoms with Crippen molar-refractivity contribution in [3.63, 3.8) is 0 Å². The summed E-state index contributed by atoms with van der Waals surface area (Å²) < 4.78 is 5.36. The molecule has 0 aliphatic carbocycles. The number of hydrogen-bond donors (Lipinski definition) is 4. The smallest absolute Gasteiger partial charge is 0.347 e. The first-order valence-electron chi connectivity index (χ1n) is 7.95. The van der Waals surface area contributed by atoms with Crippen LogP contribution in [-0.4, -0.2) is 33.5 Å². The zero-order chi connectivity index (χ0) is 18.9. The normalized spacial score (nSPS) is 13.8. The number of hydrogen-bond acceptors (Lipinski definition) is 5. The number of nitrogens with two attached hydrogens (primary N) is 1. The number of aliphatic carboxylic acids is 1. The first-order valence-corrected chi connectivity index (χ1v) is 7.95. The van der Waals surface area contributed by atoms with Crippen LogP contribution in [0.4, 0.5) is 0 Å². The molecule has 2 rings (SSSR count). The van der Waals surface area contributed by atoms with Crippen LogP contribution >= 0.6 is 0 Å². The fraction of sp³-hybridized carbons (Fsp3) is 0.316. The predicted molar refractivity (Wildman–Crippen MR) is 95.5 cm³/mol. The van der Waals surface area contributed by atoms with Gasteiger partial charge in [0.25, 0.3) is 0 Å². The monoisotopic (exact) mass is 347 g/mol. The average molecular weight is 347 g/mol. The van der Waals surface area contributed by atoms with E-state index in [1.165, 1.54) is 31.2 Å². The highest BCUT2D eigenvalue weighted by Crippen LogP contribution is 2.23. The molecule has 0 aliphatic heterocycles. The molecule has 2 aromatic carbocycles. The lowest BCUT2D eigenvalue weighted by atomic mass is 10.0. The fourth-order valence-corrected chi connectivity index (χ4v) is 1.85. The summed E-state index contributed by atoms with van der Waals surface area (Å²) in [5, 5.41) is 26.7. The van der Waals surface area contributed by atoms with Gasteiger partial charge in [0, 0.05) is 0 Å². The SMILES string of the molecule is CC[C@](C)(Oc1ccc(O)cc1)C(=O)O.N[C@H](CO)c1ccccc1. The lowest BCUT2D eigenvalue weighted by Gasteiger charge is -2.24. The molecule has 0 saturated carbocycles. The zero-order valence-electron chi connectivity index (χ0n) is 14.4. The third kappa shape index (κ3) is 6.45. The number of carboxylic acid groups (broad SMARTS) is 1. The van der Waals surface area contributed by atoms with Gasteiger partial charge >= 0.3 is 5.97 Å². The van der Waals surface area contributed by atoms with E-state index < -0.39 is 11.6 Å². The molecular formula is C19H25NO5. The molecular weight excluding hydrogens is 322 g/mol. The number of aromatic hydroxyl groups is 1. The predicted octanol–water partition coefficient (Wildman–Crippen LogP) is 2.70. The Labute approximate surface area is 147 Å². The van der Waals surface area contributed by atoms with Gasteiger partial charge in [0.05, 0.1) is 12.6 Å². The Balaban J connectivity index is 0.000000271. The maximum Gasteiger partial charge on any atom is 0.347 e. The minimum Gasteiger partial charge on any atom is -0.508 e. The third-order valence-corrected chi connectivity index (χ3v) is 3.73. The Bertz CT molecular complexity index is 645. The molecule has 25 heavy (non-hydrogen) atoms. The van der Waals surface area contributed by atoms with Gasteiger partial charge in [-0.05, 0) is 43.2 Å². The van der Waals surface area contributed by atoms with Crippen LogP contribution < -0.4 is 10.5 Å². The van der Waals surface area contributed by atoms with Gasteiger partial charge < -0.3 is 25.8 Å². The molecule has 0 amide bonds. The van der Waals surface area contributed by atoms with Crippen LogP contribution in [0.5, 0.6) is 11.5 Å². The summed E-state index contributed by atoms with van der Waals surface area (Å²) in [6, 6.07) is 15.3. The Hall–Kier alpha value is -2.57. The number of aliphatic hydroxyl groups excluding tert-OH is 1. The van der Waals surface area contributed by atoms with E-state index in [1.807, 2.05) is 30.3 Å². The molecule has 0 aromatic heterocycles. The highest BCUT2D eigenvalue weighted by Gasteiger charge is 2.33. The summed E-state index contributed by atoms with van der Waals surface area (Å²) in [5.74, 6) is -0.450. The van der Waals surface area contributed by atoms with Crippen molar-refractivity contribution < 1.29 is 24.9 Å². The van der Waals surface area contributed by atoms with Crippen LogP contribution in [0, 0.1) is 0 Å². The van der Waals surface area contributed by atoms with Gasteiger partial charge in [-0.15, -0.1) is 0 Å². The maximum atomic E-state index is 10.9. The molecule has 6 heteroatoms. The van der Waals surface area contributed by atoms with Crippen LogP contribution in [0.25, 0.3) is 0 Å². The Morgan fingerprint density at radius 3 is 2.16 bits per heavy atom. The second-order valence-corrected chi connectivity index (χ2v) is 5.69. The van der Waals surface area contributed by atoms with Crippen LogP contribution in [0.15, 0.2) is 54.6 Å². The average Bonchev–Trinajstić information content (AvgIpc) is 2.64. The lowest BCUT2D eigenvalue weighted by Crippen LogP contribution is -2.40. The molecule has 0 fully saturated rings. The molecule has 2 atom stereocenters. The molecule has 6 nitrogen and oxygen atoms in total. The topological polar surface area (TPSA) is 113 Å². The number of aliphatic hydroxyl groups is 1. The van der Waals surface area contributed by atoms with E-state index in [9.17, 15) is 4.79 Å². The van der Waals surface area contributed by atoms with Crippen molar-refractivity contribution in [2.45, 2.75) is 31.9 Å². The minimum atomic E-state index is -1.23. The quantitative estimate of drug-likeness (QED) is 0.639. The summed E-state index contributed by atoms with van der Waals surface area (Å²) in [6.45, 7) is 3.26. The van der Waals surface area contributed by atoms with Crippen molar-refractivity contribution in [2.75, 3.05) is 6.61 Å². The van der Waals surface area contributed by atoms with Gasteiger partial charge in [0.1, 0.15) is 11.5 Å². The van der Waals surface area contributed by atoms with Crippen molar-refractivity contribution in [3.8, 4) is 11.5 Å². The molecule has 2 aromatic rings. The van der Waals surface area contributed by atoms with Crippen molar-refractivity contribution >= 4 is 5.97 Å². The maximum absolute atomic E-state index is 10.9. The van der Waals surface area contributed by atoms with E-state index in [0.717, 1.165) is 5.56 Å². The van der Waals surface area contributed by atoms with Crippen molar-refractivity contribution in [1.29, 1.82) is 0 Å². The van der Waals surface area contributed by atoms with Gasteiger partial charge in [-0.2, -0.15) is 0 Å². The highest BCUT2D eigenvalue weighted by atomic mass is 16.5. The number of ether oxygens (including phenoxy) is 1. The van der Waals surface area contributed by atoms with E-state index in [1.54, 1.807) is 6.92 Å². The molecule has 0 bridgehead atoms. The largest absolute Gasteiger partial charge is 0.508 e. The number of phenols is 1. The van der Waals surface area contributed by atoms with Gasteiger partial charge in [-0.3, -0.25) is 0 Å². The third-order valence-electron chi connectivity index (χ3n) is 3.73. The van der Waals surface area contributed by atoms with Gasteiger partial charge in [0.15, 0.2) is 0 Å².